The molecule has 2 aliphatic rings. The van der Waals surface area contributed by atoms with E-state index in [0.717, 1.165) is 44.5 Å². The molecule has 0 unspecified atom stereocenters. The highest BCUT2D eigenvalue weighted by molar-refractivity contribution is 7.11. The topological polar surface area (TPSA) is 45.2 Å². The van der Waals surface area contributed by atoms with E-state index in [9.17, 15) is 4.79 Å². The van der Waals surface area contributed by atoms with Gasteiger partial charge < -0.3 is 10.2 Å². The molecule has 19 heavy (non-hydrogen) atoms. The van der Waals surface area contributed by atoms with Gasteiger partial charge in [0.05, 0.1) is 10.7 Å². The summed E-state index contributed by atoms with van der Waals surface area (Å²) in [4.78, 5) is 19.9. The summed E-state index contributed by atoms with van der Waals surface area (Å²) in [6.07, 6.45) is 4.40. The van der Waals surface area contributed by atoms with Crippen LogP contribution in [0.5, 0.6) is 0 Å². The minimum atomic E-state index is 0.132. The average Bonchev–Trinajstić information content (AvgIpc) is 3.15. The Hall–Kier alpha value is -1.10. The molecule has 1 aliphatic carbocycles. The molecule has 104 valence electrons. The van der Waals surface area contributed by atoms with Crippen LogP contribution in [0.4, 0.5) is 4.79 Å². The summed E-state index contributed by atoms with van der Waals surface area (Å²) >= 11 is 1.82. The van der Waals surface area contributed by atoms with Gasteiger partial charge in [-0.25, -0.2) is 9.78 Å². The van der Waals surface area contributed by atoms with Gasteiger partial charge in [0, 0.05) is 29.9 Å². The van der Waals surface area contributed by atoms with Gasteiger partial charge in [0.1, 0.15) is 0 Å². The van der Waals surface area contributed by atoms with Gasteiger partial charge in [0.2, 0.25) is 0 Å². The Morgan fingerprint density at radius 1 is 1.26 bits per heavy atom. The number of hydrogen-bond donors (Lipinski definition) is 1. The number of carbonyl (C=O) groups is 1. The summed E-state index contributed by atoms with van der Waals surface area (Å²) in [5.41, 5.74) is 1.16. The van der Waals surface area contributed by atoms with E-state index in [1.165, 1.54) is 9.88 Å². The SMILES string of the molecule is Cc1nc(C2CCN(C(=O)NC3CC3)CC2)sc1C. The minimum absolute atomic E-state index is 0.132. The number of aryl methyl sites for hydroxylation is 2. The molecule has 1 saturated carbocycles. The third-order valence-electron chi connectivity index (χ3n) is 4.08. The van der Waals surface area contributed by atoms with Gasteiger partial charge in [-0.2, -0.15) is 0 Å². The predicted octanol–water partition coefficient (Wildman–Crippen LogP) is 2.81. The summed E-state index contributed by atoms with van der Waals surface area (Å²) in [5, 5.41) is 4.33. The molecule has 0 spiro atoms. The molecule has 1 aromatic heterocycles. The maximum absolute atomic E-state index is 12.0. The van der Waals surface area contributed by atoms with Crippen molar-refractivity contribution < 1.29 is 4.79 Å². The first-order valence-electron chi connectivity index (χ1n) is 7.13. The van der Waals surface area contributed by atoms with Gasteiger partial charge in [-0.05, 0) is 39.5 Å². The Morgan fingerprint density at radius 2 is 1.95 bits per heavy atom. The lowest BCUT2D eigenvalue weighted by Gasteiger charge is -2.31. The number of carbonyl (C=O) groups excluding carboxylic acids is 1. The van der Waals surface area contributed by atoms with Gasteiger partial charge in [0.15, 0.2) is 0 Å². The van der Waals surface area contributed by atoms with E-state index in [4.69, 9.17) is 0 Å². The lowest BCUT2D eigenvalue weighted by molar-refractivity contribution is 0.181. The van der Waals surface area contributed by atoms with Crippen molar-refractivity contribution in [3.8, 4) is 0 Å². The van der Waals surface area contributed by atoms with Gasteiger partial charge in [-0.15, -0.1) is 11.3 Å². The second-order valence-corrected chi connectivity index (χ2v) is 6.91. The molecule has 2 fully saturated rings. The van der Waals surface area contributed by atoms with Gasteiger partial charge in [0.25, 0.3) is 0 Å². The maximum atomic E-state index is 12.0. The summed E-state index contributed by atoms with van der Waals surface area (Å²) < 4.78 is 0. The number of aromatic nitrogens is 1. The van der Waals surface area contributed by atoms with Crippen LogP contribution >= 0.6 is 11.3 Å². The van der Waals surface area contributed by atoms with Crippen LogP contribution in [0, 0.1) is 13.8 Å². The molecule has 0 atom stereocenters. The first kappa shape index (κ1) is 12.9. The molecular weight excluding hydrogens is 258 g/mol. The number of hydrogen-bond acceptors (Lipinski definition) is 3. The highest BCUT2D eigenvalue weighted by Gasteiger charge is 2.29. The highest BCUT2D eigenvalue weighted by atomic mass is 32.1. The van der Waals surface area contributed by atoms with Crippen molar-refractivity contribution >= 4 is 17.4 Å². The first-order chi connectivity index (χ1) is 9.13. The van der Waals surface area contributed by atoms with E-state index in [2.05, 4.69) is 24.1 Å². The number of rotatable bonds is 2. The second kappa shape index (κ2) is 5.12. The van der Waals surface area contributed by atoms with Crippen molar-refractivity contribution in [1.29, 1.82) is 0 Å². The van der Waals surface area contributed by atoms with Gasteiger partial charge in [-0.3, -0.25) is 0 Å². The normalized spacial score (nSPS) is 20.6. The van der Waals surface area contributed by atoms with E-state index >= 15 is 0 Å². The van der Waals surface area contributed by atoms with Crippen molar-refractivity contribution in [1.82, 2.24) is 15.2 Å². The van der Waals surface area contributed by atoms with Crippen molar-refractivity contribution in [3.05, 3.63) is 15.6 Å². The van der Waals surface area contributed by atoms with E-state index < -0.39 is 0 Å². The number of urea groups is 1. The Balaban J connectivity index is 1.55. The number of thiazole rings is 1. The number of likely N-dealkylation sites (tertiary alicyclic amines) is 1. The Kier molecular flexibility index (Phi) is 3.48. The number of nitrogens with zero attached hydrogens (tertiary/aromatic N) is 2. The molecule has 1 aromatic rings. The smallest absolute Gasteiger partial charge is 0.317 e. The van der Waals surface area contributed by atoms with E-state index in [1.807, 2.05) is 16.2 Å². The van der Waals surface area contributed by atoms with Crippen LogP contribution in [0.1, 0.15) is 47.2 Å². The van der Waals surface area contributed by atoms with Crippen LogP contribution in [0.3, 0.4) is 0 Å². The third kappa shape index (κ3) is 2.91. The molecule has 5 heteroatoms. The summed E-state index contributed by atoms with van der Waals surface area (Å²) in [6, 6.07) is 0.585. The molecule has 0 aromatic carbocycles. The molecule has 1 saturated heterocycles. The fourth-order valence-electron chi connectivity index (χ4n) is 2.50. The molecule has 0 radical (unpaired) electrons. The van der Waals surface area contributed by atoms with Crippen LogP contribution in [0.2, 0.25) is 0 Å². The Bertz CT molecular complexity index is 454. The Morgan fingerprint density at radius 3 is 2.47 bits per heavy atom. The average molecular weight is 279 g/mol. The van der Waals surface area contributed by atoms with Crippen molar-refractivity contribution in [2.75, 3.05) is 13.1 Å². The largest absolute Gasteiger partial charge is 0.335 e. The molecule has 1 aliphatic heterocycles. The summed E-state index contributed by atoms with van der Waals surface area (Å²) in [6.45, 7) is 5.93. The van der Waals surface area contributed by atoms with E-state index in [0.29, 0.717) is 12.0 Å². The van der Waals surface area contributed by atoms with Crippen molar-refractivity contribution in [3.63, 3.8) is 0 Å². The zero-order chi connectivity index (χ0) is 13.4. The maximum Gasteiger partial charge on any atom is 0.317 e. The van der Waals surface area contributed by atoms with E-state index in [1.54, 1.807) is 0 Å². The van der Waals surface area contributed by atoms with Crippen LogP contribution in [-0.4, -0.2) is 35.0 Å². The zero-order valence-corrected chi connectivity index (χ0v) is 12.4. The summed E-state index contributed by atoms with van der Waals surface area (Å²) in [7, 11) is 0. The molecular formula is C14H21N3OS. The van der Waals surface area contributed by atoms with Crippen molar-refractivity contribution in [2.45, 2.75) is 51.5 Å². The highest BCUT2D eigenvalue weighted by Crippen LogP contribution is 2.32. The van der Waals surface area contributed by atoms with Crippen molar-refractivity contribution in [2.24, 2.45) is 0 Å². The minimum Gasteiger partial charge on any atom is -0.335 e. The molecule has 2 amide bonds. The number of amides is 2. The zero-order valence-electron chi connectivity index (χ0n) is 11.6. The van der Waals surface area contributed by atoms with Crippen LogP contribution in [-0.2, 0) is 0 Å². The number of piperidine rings is 1. The van der Waals surface area contributed by atoms with Gasteiger partial charge in [-0.1, -0.05) is 0 Å². The third-order valence-corrected chi connectivity index (χ3v) is 5.32. The molecule has 2 heterocycles. The second-order valence-electron chi connectivity index (χ2n) is 5.68. The fraction of sp³-hybridized carbons (Fsp3) is 0.714. The standard InChI is InChI=1S/C14H21N3OS/c1-9-10(2)19-13(15-9)11-5-7-17(8-6-11)14(18)16-12-3-4-12/h11-12H,3-8H2,1-2H3,(H,16,18). The van der Waals surface area contributed by atoms with Crippen LogP contribution in [0.25, 0.3) is 0 Å². The number of nitrogens with one attached hydrogen (secondary N) is 1. The lowest BCUT2D eigenvalue weighted by Crippen LogP contribution is -2.44. The molecule has 1 N–H and O–H groups in total. The summed E-state index contributed by atoms with van der Waals surface area (Å²) in [5.74, 6) is 0.544. The van der Waals surface area contributed by atoms with Crippen LogP contribution < -0.4 is 5.32 Å². The Labute approximate surface area is 118 Å². The van der Waals surface area contributed by atoms with E-state index in [-0.39, 0.29) is 6.03 Å². The monoisotopic (exact) mass is 279 g/mol. The quantitative estimate of drug-likeness (QED) is 0.904. The molecule has 4 nitrogen and oxygen atoms in total. The van der Waals surface area contributed by atoms with Gasteiger partial charge >= 0.3 is 6.03 Å². The molecule has 0 bridgehead atoms. The predicted molar refractivity (Wildman–Crippen MR) is 76.7 cm³/mol. The molecule has 3 rings (SSSR count). The fourth-order valence-corrected chi connectivity index (χ4v) is 3.59. The van der Waals surface area contributed by atoms with Crippen LogP contribution in [0.15, 0.2) is 0 Å². The lowest BCUT2D eigenvalue weighted by atomic mass is 9.98. The first-order valence-corrected chi connectivity index (χ1v) is 7.94.